The highest BCUT2D eigenvalue weighted by atomic mass is 35.5. The van der Waals surface area contributed by atoms with Crippen molar-refractivity contribution in [2.24, 2.45) is 23.2 Å². The molecular formula is C19H25Cl. The Bertz CT molecular complexity index is 452. The molecule has 5 rings (SSSR count). The van der Waals surface area contributed by atoms with Crippen molar-refractivity contribution in [3.63, 3.8) is 0 Å². The minimum absolute atomic E-state index is 0.215. The second-order valence-electron chi connectivity index (χ2n) is 8.00. The lowest BCUT2D eigenvalue weighted by atomic mass is 9.48. The van der Waals surface area contributed by atoms with Gasteiger partial charge in [-0.1, -0.05) is 29.8 Å². The summed E-state index contributed by atoms with van der Waals surface area (Å²) in [4.78, 5) is 0. The van der Waals surface area contributed by atoms with Crippen molar-refractivity contribution in [3.8, 4) is 0 Å². The van der Waals surface area contributed by atoms with E-state index < -0.39 is 0 Å². The van der Waals surface area contributed by atoms with Crippen LogP contribution in [0.15, 0.2) is 24.3 Å². The first kappa shape index (κ1) is 13.2. The second-order valence-corrected chi connectivity index (χ2v) is 8.53. The van der Waals surface area contributed by atoms with Crippen molar-refractivity contribution in [1.29, 1.82) is 0 Å². The molecule has 4 fully saturated rings. The molecule has 1 atom stereocenters. The zero-order valence-corrected chi connectivity index (χ0v) is 13.2. The molecule has 0 N–H and O–H groups in total. The maximum Gasteiger partial charge on any atom is 0.0590 e. The Hall–Kier alpha value is -0.490. The van der Waals surface area contributed by atoms with E-state index in [1.165, 1.54) is 56.1 Å². The molecule has 0 heterocycles. The second kappa shape index (κ2) is 4.77. The molecule has 108 valence electrons. The highest BCUT2D eigenvalue weighted by molar-refractivity contribution is 6.20. The molecule has 4 bridgehead atoms. The van der Waals surface area contributed by atoms with Gasteiger partial charge in [0.15, 0.2) is 0 Å². The third-order valence-electron chi connectivity index (χ3n) is 6.22. The normalized spacial score (nSPS) is 40.0. The van der Waals surface area contributed by atoms with Gasteiger partial charge in [-0.2, -0.15) is 0 Å². The fourth-order valence-electron chi connectivity index (χ4n) is 5.81. The van der Waals surface area contributed by atoms with Crippen molar-refractivity contribution < 1.29 is 0 Å². The third-order valence-corrected chi connectivity index (χ3v) is 6.62. The SMILES string of the molecule is Cc1ccc(C(Cl)CC23CC4CC(CC(C4)C2)C3)cc1. The van der Waals surface area contributed by atoms with Crippen LogP contribution in [0.1, 0.15) is 61.4 Å². The largest absolute Gasteiger partial charge is 0.118 e. The van der Waals surface area contributed by atoms with Crippen LogP contribution in [-0.4, -0.2) is 0 Å². The fraction of sp³-hybridized carbons (Fsp3) is 0.684. The minimum Gasteiger partial charge on any atom is -0.118 e. The van der Waals surface area contributed by atoms with Gasteiger partial charge in [-0.15, -0.1) is 11.6 Å². The Morgan fingerprint density at radius 1 is 1.00 bits per heavy atom. The van der Waals surface area contributed by atoms with Crippen LogP contribution in [0.4, 0.5) is 0 Å². The van der Waals surface area contributed by atoms with Gasteiger partial charge < -0.3 is 0 Å². The standard InChI is InChI=1S/C19H25Cl/c1-13-2-4-17(5-3-13)18(20)12-19-9-14-6-15(10-19)8-16(7-14)11-19/h2-5,14-16,18H,6-12H2,1H3. The van der Waals surface area contributed by atoms with Crippen LogP contribution in [0.25, 0.3) is 0 Å². The van der Waals surface area contributed by atoms with Gasteiger partial charge in [0, 0.05) is 0 Å². The van der Waals surface area contributed by atoms with E-state index in [0.717, 1.165) is 17.8 Å². The Kier molecular flexibility index (Phi) is 3.14. The summed E-state index contributed by atoms with van der Waals surface area (Å²) in [6.45, 7) is 2.14. The van der Waals surface area contributed by atoms with Crippen LogP contribution in [-0.2, 0) is 0 Å². The Balaban J connectivity index is 1.52. The quantitative estimate of drug-likeness (QED) is 0.609. The summed E-state index contributed by atoms with van der Waals surface area (Å²) < 4.78 is 0. The molecule has 20 heavy (non-hydrogen) atoms. The van der Waals surface area contributed by atoms with E-state index in [-0.39, 0.29) is 5.38 Å². The summed E-state index contributed by atoms with van der Waals surface area (Å²) in [5.41, 5.74) is 3.24. The van der Waals surface area contributed by atoms with Gasteiger partial charge in [-0.3, -0.25) is 0 Å². The molecule has 4 aliphatic rings. The van der Waals surface area contributed by atoms with Gasteiger partial charge in [0.25, 0.3) is 0 Å². The molecule has 0 spiro atoms. The highest BCUT2D eigenvalue weighted by Crippen LogP contribution is 2.62. The van der Waals surface area contributed by atoms with E-state index in [2.05, 4.69) is 31.2 Å². The van der Waals surface area contributed by atoms with Crippen LogP contribution in [0.5, 0.6) is 0 Å². The predicted octanol–water partition coefficient (Wildman–Crippen LogP) is 5.88. The number of halogens is 1. The molecule has 0 radical (unpaired) electrons. The number of hydrogen-bond donors (Lipinski definition) is 0. The van der Waals surface area contributed by atoms with E-state index in [4.69, 9.17) is 11.6 Å². The predicted molar refractivity (Wildman–Crippen MR) is 85.0 cm³/mol. The van der Waals surface area contributed by atoms with Crippen molar-refractivity contribution >= 4 is 11.6 Å². The van der Waals surface area contributed by atoms with E-state index in [0.29, 0.717) is 5.41 Å². The molecule has 0 amide bonds. The lowest BCUT2D eigenvalue weighted by Crippen LogP contribution is -2.46. The molecule has 0 saturated heterocycles. The summed E-state index contributed by atoms with van der Waals surface area (Å²) in [6.07, 6.45) is 10.2. The average molecular weight is 289 g/mol. The van der Waals surface area contributed by atoms with Gasteiger partial charge in [-0.05, 0) is 80.6 Å². The van der Waals surface area contributed by atoms with E-state index in [1.807, 2.05) is 0 Å². The molecule has 1 aromatic carbocycles. The maximum atomic E-state index is 6.79. The number of alkyl halides is 1. The van der Waals surface area contributed by atoms with E-state index in [1.54, 1.807) is 0 Å². The lowest BCUT2D eigenvalue weighted by Gasteiger charge is -2.57. The van der Waals surface area contributed by atoms with Crippen LogP contribution in [0, 0.1) is 30.1 Å². The minimum atomic E-state index is 0.215. The van der Waals surface area contributed by atoms with Gasteiger partial charge in [0.1, 0.15) is 0 Å². The highest BCUT2D eigenvalue weighted by Gasteiger charge is 2.51. The lowest BCUT2D eigenvalue weighted by molar-refractivity contribution is -0.0576. The van der Waals surface area contributed by atoms with Gasteiger partial charge >= 0.3 is 0 Å². The zero-order valence-electron chi connectivity index (χ0n) is 12.4. The first-order valence-corrected chi connectivity index (χ1v) is 8.76. The van der Waals surface area contributed by atoms with Gasteiger partial charge in [0.05, 0.1) is 5.38 Å². The summed E-state index contributed by atoms with van der Waals surface area (Å²) in [7, 11) is 0. The van der Waals surface area contributed by atoms with Crippen molar-refractivity contribution in [2.75, 3.05) is 0 Å². The topological polar surface area (TPSA) is 0 Å². The number of benzene rings is 1. The van der Waals surface area contributed by atoms with E-state index in [9.17, 15) is 0 Å². The van der Waals surface area contributed by atoms with Crippen LogP contribution in [0.3, 0.4) is 0 Å². The smallest absolute Gasteiger partial charge is 0.0590 e. The molecule has 4 aliphatic carbocycles. The zero-order chi connectivity index (χ0) is 13.7. The summed E-state index contributed by atoms with van der Waals surface area (Å²) in [5.74, 6) is 3.09. The van der Waals surface area contributed by atoms with E-state index >= 15 is 0 Å². The summed E-state index contributed by atoms with van der Waals surface area (Å²) in [6, 6.07) is 8.86. The molecule has 0 aromatic heterocycles. The average Bonchev–Trinajstić information content (AvgIpc) is 2.37. The number of rotatable bonds is 3. The molecule has 1 unspecified atom stereocenters. The Labute approximate surface area is 127 Å². The van der Waals surface area contributed by atoms with Crippen molar-refractivity contribution in [2.45, 2.75) is 57.2 Å². The maximum absolute atomic E-state index is 6.79. The number of aryl methyl sites for hydroxylation is 1. The third kappa shape index (κ3) is 2.30. The van der Waals surface area contributed by atoms with Gasteiger partial charge in [-0.25, -0.2) is 0 Å². The molecule has 1 heteroatoms. The van der Waals surface area contributed by atoms with Gasteiger partial charge in [0.2, 0.25) is 0 Å². The molecule has 0 aliphatic heterocycles. The molecular weight excluding hydrogens is 264 g/mol. The number of hydrogen-bond acceptors (Lipinski definition) is 0. The van der Waals surface area contributed by atoms with Crippen molar-refractivity contribution in [1.82, 2.24) is 0 Å². The molecule has 1 aromatic rings. The first-order valence-electron chi connectivity index (χ1n) is 8.32. The van der Waals surface area contributed by atoms with Crippen molar-refractivity contribution in [3.05, 3.63) is 35.4 Å². The Morgan fingerprint density at radius 3 is 2.00 bits per heavy atom. The molecule has 4 saturated carbocycles. The molecule has 0 nitrogen and oxygen atoms in total. The first-order chi connectivity index (χ1) is 9.62. The fourth-order valence-corrected chi connectivity index (χ4v) is 6.29. The van der Waals surface area contributed by atoms with Crippen LogP contribution < -0.4 is 0 Å². The van der Waals surface area contributed by atoms with Crippen LogP contribution >= 0.6 is 11.6 Å². The monoisotopic (exact) mass is 288 g/mol. The summed E-state index contributed by atoms with van der Waals surface area (Å²) >= 11 is 6.79. The summed E-state index contributed by atoms with van der Waals surface area (Å²) in [5, 5.41) is 0.215. The Morgan fingerprint density at radius 2 is 1.50 bits per heavy atom. The van der Waals surface area contributed by atoms with Crippen LogP contribution in [0.2, 0.25) is 0 Å².